The molecular formula is C20H24N4O. The van der Waals surface area contributed by atoms with E-state index in [4.69, 9.17) is 0 Å². The summed E-state index contributed by atoms with van der Waals surface area (Å²) in [5.74, 6) is 1.30. The largest absolute Gasteiger partial charge is 0.352 e. The zero-order valence-electron chi connectivity index (χ0n) is 14.6. The lowest BCUT2D eigenvalue weighted by Gasteiger charge is -2.56. The molecule has 3 aliphatic heterocycles. The van der Waals surface area contributed by atoms with E-state index < -0.39 is 0 Å². The molecule has 5 heteroatoms. The fraction of sp³-hybridized carbons (Fsp3) is 0.450. The molecule has 0 radical (unpaired) electrons. The SMILES string of the molecule is Cc1cc(N2CC3CC(C2)N3C(=O)CCCc2ccccc2)ncn1. The number of piperazine rings is 1. The summed E-state index contributed by atoms with van der Waals surface area (Å²) in [6, 6.07) is 13.1. The minimum Gasteiger partial charge on any atom is -0.352 e. The standard InChI is InChI=1S/C20H24N4O/c1-15-10-19(22-14-21-15)23-12-17-11-18(13-23)24(17)20(25)9-5-8-16-6-3-2-4-7-16/h2-4,6-7,10,14,17-18H,5,8-9,11-13H2,1H3. The second-order valence-corrected chi connectivity index (χ2v) is 7.11. The summed E-state index contributed by atoms with van der Waals surface area (Å²) in [5, 5.41) is 0. The van der Waals surface area contributed by atoms with Crippen molar-refractivity contribution in [2.24, 2.45) is 0 Å². The van der Waals surface area contributed by atoms with Crippen LogP contribution in [0.3, 0.4) is 0 Å². The van der Waals surface area contributed by atoms with Gasteiger partial charge in [0.2, 0.25) is 5.91 Å². The van der Waals surface area contributed by atoms with Crippen molar-refractivity contribution in [2.75, 3.05) is 18.0 Å². The van der Waals surface area contributed by atoms with Crippen LogP contribution in [0, 0.1) is 6.92 Å². The highest BCUT2D eigenvalue weighted by Crippen LogP contribution is 2.34. The Kier molecular flexibility index (Phi) is 4.38. The van der Waals surface area contributed by atoms with E-state index in [-0.39, 0.29) is 0 Å². The smallest absolute Gasteiger partial charge is 0.223 e. The number of aromatic nitrogens is 2. The maximum Gasteiger partial charge on any atom is 0.223 e. The molecule has 130 valence electrons. The maximum absolute atomic E-state index is 12.6. The minimum absolute atomic E-state index is 0.315. The van der Waals surface area contributed by atoms with Crippen molar-refractivity contribution in [3.8, 4) is 0 Å². The number of benzene rings is 1. The number of rotatable bonds is 5. The Morgan fingerprint density at radius 2 is 1.92 bits per heavy atom. The van der Waals surface area contributed by atoms with Crippen molar-refractivity contribution < 1.29 is 4.79 Å². The predicted molar refractivity (Wildman–Crippen MR) is 97.4 cm³/mol. The molecule has 3 saturated heterocycles. The summed E-state index contributed by atoms with van der Waals surface area (Å²) in [7, 11) is 0. The van der Waals surface area contributed by atoms with Crippen LogP contribution in [0.1, 0.15) is 30.5 Å². The molecule has 5 nitrogen and oxygen atoms in total. The van der Waals surface area contributed by atoms with Crippen LogP contribution in [0.15, 0.2) is 42.7 Å². The van der Waals surface area contributed by atoms with Gasteiger partial charge in [0, 0.05) is 31.3 Å². The molecule has 0 aliphatic carbocycles. The summed E-state index contributed by atoms with van der Waals surface area (Å²) in [5.41, 5.74) is 2.29. The number of fused-ring (bicyclic) bond motifs is 2. The Hall–Kier alpha value is -2.43. The van der Waals surface area contributed by atoms with E-state index in [0.29, 0.717) is 24.4 Å². The highest BCUT2D eigenvalue weighted by molar-refractivity contribution is 5.78. The van der Waals surface area contributed by atoms with Crippen molar-refractivity contribution >= 4 is 11.7 Å². The number of piperidine rings is 1. The van der Waals surface area contributed by atoms with E-state index in [1.165, 1.54) is 5.56 Å². The first-order valence-corrected chi connectivity index (χ1v) is 9.09. The van der Waals surface area contributed by atoms with Crippen LogP contribution >= 0.6 is 0 Å². The van der Waals surface area contributed by atoms with Crippen molar-refractivity contribution in [2.45, 2.75) is 44.7 Å². The van der Waals surface area contributed by atoms with E-state index in [2.05, 4.69) is 44.0 Å². The summed E-state index contributed by atoms with van der Waals surface area (Å²) >= 11 is 0. The number of anilines is 1. The first-order chi connectivity index (χ1) is 12.2. The zero-order valence-corrected chi connectivity index (χ0v) is 14.6. The highest BCUT2D eigenvalue weighted by Gasteiger charge is 2.47. The molecule has 0 saturated carbocycles. The lowest BCUT2D eigenvalue weighted by atomic mass is 9.86. The van der Waals surface area contributed by atoms with Gasteiger partial charge in [-0.1, -0.05) is 30.3 Å². The number of hydrogen-bond acceptors (Lipinski definition) is 4. The van der Waals surface area contributed by atoms with Gasteiger partial charge in [0.1, 0.15) is 12.1 Å². The number of carbonyl (C=O) groups is 1. The third kappa shape index (κ3) is 3.36. The van der Waals surface area contributed by atoms with Crippen molar-refractivity contribution in [3.63, 3.8) is 0 Å². The summed E-state index contributed by atoms with van der Waals surface area (Å²) in [4.78, 5) is 25.6. The van der Waals surface area contributed by atoms with E-state index in [0.717, 1.165) is 43.9 Å². The van der Waals surface area contributed by atoms with Gasteiger partial charge in [-0.2, -0.15) is 0 Å². The molecule has 2 unspecified atom stereocenters. The molecule has 25 heavy (non-hydrogen) atoms. The Bertz CT molecular complexity index is 736. The van der Waals surface area contributed by atoms with E-state index in [9.17, 15) is 4.79 Å². The molecule has 2 aromatic rings. The van der Waals surface area contributed by atoms with Crippen molar-refractivity contribution in [3.05, 3.63) is 54.0 Å². The van der Waals surface area contributed by atoms with Crippen molar-refractivity contribution in [1.29, 1.82) is 0 Å². The fourth-order valence-electron chi connectivity index (χ4n) is 4.03. The molecule has 3 aliphatic rings. The molecule has 0 spiro atoms. The van der Waals surface area contributed by atoms with Gasteiger partial charge in [0.05, 0.1) is 12.1 Å². The molecule has 1 amide bonds. The third-order valence-electron chi connectivity index (χ3n) is 5.29. The van der Waals surface area contributed by atoms with E-state index in [1.54, 1.807) is 6.33 Å². The molecule has 2 bridgehead atoms. The normalized spacial score (nSPS) is 21.8. The molecule has 4 heterocycles. The number of amides is 1. The Labute approximate surface area is 148 Å². The Morgan fingerprint density at radius 3 is 2.64 bits per heavy atom. The monoisotopic (exact) mass is 336 g/mol. The zero-order chi connectivity index (χ0) is 17.2. The highest BCUT2D eigenvalue weighted by atomic mass is 16.2. The van der Waals surface area contributed by atoms with Crippen LogP contribution in [0.2, 0.25) is 0 Å². The van der Waals surface area contributed by atoms with Crippen LogP contribution in [0.25, 0.3) is 0 Å². The van der Waals surface area contributed by atoms with Gasteiger partial charge in [-0.05, 0) is 31.7 Å². The number of nitrogens with zero attached hydrogens (tertiary/aromatic N) is 4. The predicted octanol–water partition coefficient (Wildman–Crippen LogP) is 2.60. The van der Waals surface area contributed by atoms with Crippen molar-refractivity contribution in [1.82, 2.24) is 14.9 Å². The average molecular weight is 336 g/mol. The molecule has 1 aromatic carbocycles. The van der Waals surface area contributed by atoms with Crippen LogP contribution < -0.4 is 4.90 Å². The summed E-state index contributed by atoms with van der Waals surface area (Å²) in [6.07, 6.45) is 5.30. The first-order valence-electron chi connectivity index (χ1n) is 9.09. The minimum atomic E-state index is 0.315. The summed E-state index contributed by atoms with van der Waals surface area (Å²) < 4.78 is 0. The van der Waals surface area contributed by atoms with Gasteiger partial charge in [0.25, 0.3) is 0 Å². The van der Waals surface area contributed by atoms with Gasteiger partial charge in [0.15, 0.2) is 0 Å². The fourth-order valence-corrected chi connectivity index (χ4v) is 4.03. The summed E-state index contributed by atoms with van der Waals surface area (Å²) in [6.45, 7) is 3.76. The number of hydrogen-bond donors (Lipinski definition) is 0. The van der Waals surface area contributed by atoms with Gasteiger partial charge in [-0.3, -0.25) is 4.79 Å². The van der Waals surface area contributed by atoms with Gasteiger partial charge in [-0.15, -0.1) is 0 Å². The van der Waals surface area contributed by atoms with E-state index >= 15 is 0 Å². The topological polar surface area (TPSA) is 49.3 Å². The van der Waals surface area contributed by atoms with Crippen LogP contribution in [0.4, 0.5) is 5.82 Å². The van der Waals surface area contributed by atoms with Crippen LogP contribution in [-0.4, -0.2) is 45.9 Å². The van der Waals surface area contributed by atoms with E-state index in [1.807, 2.05) is 19.1 Å². The molecule has 5 rings (SSSR count). The molecule has 1 aromatic heterocycles. The second kappa shape index (κ2) is 6.82. The molecule has 0 N–H and O–H groups in total. The number of aryl methyl sites for hydroxylation is 2. The molecule has 3 fully saturated rings. The number of carbonyl (C=O) groups excluding carboxylic acids is 1. The van der Waals surface area contributed by atoms with Crippen LogP contribution in [0.5, 0.6) is 0 Å². The maximum atomic E-state index is 12.6. The second-order valence-electron chi connectivity index (χ2n) is 7.11. The lowest BCUT2D eigenvalue weighted by molar-refractivity contribution is -0.146. The lowest BCUT2D eigenvalue weighted by Crippen LogP contribution is -2.70. The molecular weight excluding hydrogens is 312 g/mol. The third-order valence-corrected chi connectivity index (χ3v) is 5.29. The Balaban J connectivity index is 1.30. The van der Waals surface area contributed by atoms with Gasteiger partial charge >= 0.3 is 0 Å². The Morgan fingerprint density at radius 1 is 1.16 bits per heavy atom. The quantitative estimate of drug-likeness (QED) is 0.842. The van der Waals surface area contributed by atoms with Crippen LogP contribution in [-0.2, 0) is 11.2 Å². The average Bonchev–Trinajstić information content (AvgIpc) is 2.62. The molecule has 2 atom stereocenters. The first kappa shape index (κ1) is 16.1. The van der Waals surface area contributed by atoms with Gasteiger partial charge in [-0.25, -0.2) is 9.97 Å². The van der Waals surface area contributed by atoms with Gasteiger partial charge < -0.3 is 9.80 Å².